The fraction of sp³-hybridized carbons (Fsp3) is 0.600. The van der Waals surface area contributed by atoms with E-state index >= 15 is 0 Å². The monoisotopic (exact) mass is 246 g/mol. The van der Waals surface area contributed by atoms with Crippen molar-refractivity contribution in [1.82, 2.24) is 10.2 Å². The third kappa shape index (κ3) is 2.68. The van der Waals surface area contributed by atoms with E-state index in [1.807, 2.05) is 30.3 Å². The van der Waals surface area contributed by atoms with Crippen molar-refractivity contribution < 1.29 is 4.74 Å². The van der Waals surface area contributed by atoms with Crippen LogP contribution in [0.2, 0.25) is 0 Å². The zero-order valence-corrected chi connectivity index (χ0v) is 10.9. The molecule has 0 atom stereocenters. The molecular formula is C15H22N2O. The molecule has 1 spiro atoms. The third-order valence-electron chi connectivity index (χ3n) is 4.34. The molecule has 2 aliphatic heterocycles. The molecule has 2 aliphatic rings. The van der Waals surface area contributed by atoms with Crippen LogP contribution >= 0.6 is 0 Å². The van der Waals surface area contributed by atoms with Gasteiger partial charge in [0.1, 0.15) is 12.4 Å². The van der Waals surface area contributed by atoms with Crippen molar-refractivity contribution in [3.63, 3.8) is 0 Å². The molecule has 1 N–H and O–H groups in total. The number of hydrogen-bond donors (Lipinski definition) is 1. The Labute approximate surface area is 109 Å². The minimum atomic E-state index is 0.650. The predicted octanol–water partition coefficient (Wildman–Crippen LogP) is 1.75. The van der Waals surface area contributed by atoms with Gasteiger partial charge in [-0.25, -0.2) is 0 Å². The summed E-state index contributed by atoms with van der Waals surface area (Å²) < 4.78 is 5.75. The summed E-state index contributed by atoms with van der Waals surface area (Å²) in [6, 6.07) is 10.1. The van der Waals surface area contributed by atoms with Gasteiger partial charge in [-0.05, 0) is 43.5 Å². The van der Waals surface area contributed by atoms with Crippen molar-refractivity contribution in [2.24, 2.45) is 5.41 Å². The molecular weight excluding hydrogens is 224 g/mol. The van der Waals surface area contributed by atoms with Gasteiger partial charge >= 0.3 is 0 Å². The van der Waals surface area contributed by atoms with Crippen LogP contribution in [0.15, 0.2) is 30.3 Å². The molecule has 0 amide bonds. The summed E-state index contributed by atoms with van der Waals surface area (Å²) in [5, 5.41) is 3.41. The van der Waals surface area contributed by atoms with Crippen LogP contribution in [0, 0.1) is 5.41 Å². The van der Waals surface area contributed by atoms with Crippen LogP contribution in [0.1, 0.15) is 12.8 Å². The standard InChI is InChI=1S/C15H22N2O/c1-2-4-14(5-3-1)18-11-10-17-8-6-15(7-9-17)12-16-13-15/h1-5,16H,6-13H2. The van der Waals surface area contributed by atoms with Crippen LogP contribution in [-0.4, -0.2) is 44.2 Å². The SMILES string of the molecule is c1ccc(OCCN2CCC3(CC2)CNC3)cc1. The van der Waals surface area contributed by atoms with E-state index in [2.05, 4.69) is 10.2 Å². The van der Waals surface area contributed by atoms with E-state index in [0.717, 1.165) is 18.9 Å². The van der Waals surface area contributed by atoms with Gasteiger partial charge in [0.05, 0.1) is 0 Å². The molecule has 18 heavy (non-hydrogen) atoms. The summed E-state index contributed by atoms with van der Waals surface area (Å²) in [4.78, 5) is 2.53. The number of likely N-dealkylation sites (tertiary alicyclic amines) is 1. The fourth-order valence-electron chi connectivity index (χ4n) is 2.89. The quantitative estimate of drug-likeness (QED) is 0.876. The smallest absolute Gasteiger partial charge is 0.119 e. The number of para-hydroxylation sites is 1. The largest absolute Gasteiger partial charge is 0.492 e. The second-order valence-electron chi connectivity index (χ2n) is 5.61. The molecule has 2 fully saturated rings. The molecule has 0 aliphatic carbocycles. The number of nitrogens with one attached hydrogen (secondary N) is 1. The number of nitrogens with zero attached hydrogens (tertiary/aromatic N) is 1. The van der Waals surface area contributed by atoms with E-state index in [1.54, 1.807) is 0 Å². The number of piperidine rings is 1. The molecule has 0 saturated carbocycles. The molecule has 3 nitrogen and oxygen atoms in total. The van der Waals surface area contributed by atoms with E-state index in [9.17, 15) is 0 Å². The van der Waals surface area contributed by atoms with Gasteiger partial charge in [-0.3, -0.25) is 4.90 Å². The zero-order chi connectivity index (χ0) is 12.3. The highest BCUT2D eigenvalue weighted by Gasteiger charge is 2.39. The summed E-state index contributed by atoms with van der Waals surface area (Å²) in [6.07, 6.45) is 2.71. The summed E-state index contributed by atoms with van der Waals surface area (Å²) in [5.41, 5.74) is 0.650. The summed E-state index contributed by atoms with van der Waals surface area (Å²) in [7, 11) is 0. The van der Waals surface area contributed by atoms with E-state index < -0.39 is 0 Å². The lowest BCUT2D eigenvalue weighted by molar-refractivity contribution is 0.0495. The van der Waals surface area contributed by atoms with Gasteiger partial charge < -0.3 is 10.1 Å². The Bertz CT molecular complexity index is 365. The third-order valence-corrected chi connectivity index (χ3v) is 4.34. The number of rotatable bonds is 4. The fourth-order valence-corrected chi connectivity index (χ4v) is 2.89. The molecule has 0 unspecified atom stereocenters. The average Bonchev–Trinajstić information content (AvgIpc) is 2.39. The Balaban J connectivity index is 1.37. The Kier molecular flexibility index (Phi) is 3.52. The van der Waals surface area contributed by atoms with Crippen molar-refractivity contribution in [3.8, 4) is 5.75 Å². The highest BCUT2D eigenvalue weighted by atomic mass is 16.5. The maximum atomic E-state index is 5.75. The molecule has 0 aromatic heterocycles. The molecule has 0 radical (unpaired) electrons. The lowest BCUT2D eigenvalue weighted by atomic mass is 9.73. The molecule has 3 rings (SSSR count). The van der Waals surface area contributed by atoms with Crippen molar-refractivity contribution >= 4 is 0 Å². The van der Waals surface area contributed by atoms with Gasteiger partial charge in [0, 0.05) is 19.6 Å². The van der Waals surface area contributed by atoms with Gasteiger partial charge in [-0.1, -0.05) is 18.2 Å². The molecule has 2 heterocycles. The normalized spacial score (nSPS) is 22.7. The van der Waals surface area contributed by atoms with E-state index in [-0.39, 0.29) is 0 Å². The summed E-state index contributed by atoms with van der Waals surface area (Å²) in [6.45, 7) is 6.80. The van der Waals surface area contributed by atoms with Gasteiger partial charge in [-0.15, -0.1) is 0 Å². The first-order chi connectivity index (χ1) is 8.86. The average molecular weight is 246 g/mol. The van der Waals surface area contributed by atoms with Gasteiger partial charge in [0.2, 0.25) is 0 Å². The predicted molar refractivity (Wildman–Crippen MR) is 72.9 cm³/mol. The molecule has 0 bridgehead atoms. The van der Waals surface area contributed by atoms with Crippen LogP contribution in [0.4, 0.5) is 0 Å². The Morgan fingerprint density at radius 3 is 2.44 bits per heavy atom. The van der Waals surface area contributed by atoms with Crippen LogP contribution in [0.3, 0.4) is 0 Å². The maximum Gasteiger partial charge on any atom is 0.119 e. The van der Waals surface area contributed by atoms with Crippen LogP contribution in [0.5, 0.6) is 5.75 Å². The molecule has 1 aromatic carbocycles. The first-order valence-electron chi connectivity index (χ1n) is 6.97. The highest BCUT2D eigenvalue weighted by molar-refractivity contribution is 5.20. The number of ether oxygens (including phenoxy) is 1. The Morgan fingerprint density at radius 1 is 1.11 bits per heavy atom. The van der Waals surface area contributed by atoms with Crippen LogP contribution in [0.25, 0.3) is 0 Å². The van der Waals surface area contributed by atoms with E-state index in [0.29, 0.717) is 5.41 Å². The Morgan fingerprint density at radius 2 is 1.83 bits per heavy atom. The molecule has 2 saturated heterocycles. The van der Waals surface area contributed by atoms with Crippen LogP contribution in [-0.2, 0) is 0 Å². The zero-order valence-electron chi connectivity index (χ0n) is 10.9. The molecule has 98 valence electrons. The number of hydrogen-bond acceptors (Lipinski definition) is 3. The van der Waals surface area contributed by atoms with E-state index in [1.165, 1.54) is 39.0 Å². The summed E-state index contributed by atoms with van der Waals surface area (Å²) in [5.74, 6) is 0.981. The minimum absolute atomic E-state index is 0.650. The van der Waals surface area contributed by atoms with Crippen molar-refractivity contribution in [1.29, 1.82) is 0 Å². The first-order valence-corrected chi connectivity index (χ1v) is 6.97. The maximum absolute atomic E-state index is 5.75. The lowest BCUT2D eigenvalue weighted by Gasteiger charge is -2.48. The molecule has 3 heteroatoms. The number of benzene rings is 1. The first kappa shape index (κ1) is 12.0. The Hall–Kier alpha value is -1.06. The lowest BCUT2D eigenvalue weighted by Crippen LogP contribution is -2.58. The van der Waals surface area contributed by atoms with Crippen molar-refractivity contribution in [2.45, 2.75) is 12.8 Å². The topological polar surface area (TPSA) is 24.5 Å². The molecule has 1 aromatic rings. The van der Waals surface area contributed by atoms with Gasteiger partial charge in [0.25, 0.3) is 0 Å². The van der Waals surface area contributed by atoms with E-state index in [4.69, 9.17) is 4.74 Å². The summed E-state index contributed by atoms with van der Waals surface area (Å²) >= 11 is 0. The van der Waals surface area contributed by atoms with Gasteiger partial charge in [-0.2, -0.15) is 0 Å². The second kappa shape index (κ2) is 5.29. The van der Waals surface area contributed by atoms with Crippen LogP contribution < -0.4 is 10.1 Å². The van der Waals surface area contributed by atoms with Gasteiger partial charge in [0.15, 0.2) is 0 Å². The van der Waals surface area contributed by atoms with Crippen molar-refractivity contribution in [2.75, 3.05) is 39.3 Å². The highest BCUT2D eigenvalue weighted by Crippen LogP contribution is 2.34. The second-order valence-corrected chi connectivity index (χ2v) is 5.61. The van der Waals surface area contributed by atoms with Crippen molar-refractivity contribution in [3.05, 3.63) is 30.3 Å². The minimum Gasteiger partial charge on any atom is -0.492 e.